The first kappa shape index (κ1) is 12.5. The minimum atomic E-state index is -0.0906. The molecule has 0 aromatic heterocycles. The van der Waals surface area contributed by atoms with Crippen LogP contribution in [0.2, 0.25) is 0 Å². The molecule has 0 aliphatic heterocycles. The first-order chi connectivity index (χ1) is 7.19. The van der Waals surface area contributed by atoms with Gasteiger partial charge in [0.25, 0.3) is 0 Å². The largest absolute Gasteiger partial charge is 0.496 e. The highest BCUT2D eigenvalue weighted by atomic mass is 79.9. The lowest BCUT2D eigenvalue weighted by atomic mass is 10.1. The van der Waals surface area contributed by atoms with E-state index >= 15 is 0 Å². The van der Waals surface area contributed by atoms with Crippen LogP contribution in [0.3, 0.4) is 0 Å². The van der Waals surface area contributed by atoms with Crippen LogP contribution in [0.4, 0.5) is 0 Å². The van der Waals surface area contributed by atoms with Gasteiger partial charge in [0.15, 0.2) is 0 Å². The van der Waals surface area contributed by atoms with Gasteiger partial charge in [0.2, 0.25) is 0 Å². The molecule has 0 saturated heterocycles. The number of benzene rings is 1. The van der Waals surface area contributed by atoms with E-state index in [2.05, 4.69) is 15.9 Å². The third kappa shape index (κ3) is 3.48. The van der Waals surface area contributed by atoms with Crippen LogP contribution in [-0.2, 0) is 4.74 Å². The molecule has 84 valence electrons. The lowest BCUT2D eigenvalue weighted by molar-refractivity contribution is 0.133. The first-order valence-electron chi connectivity index (χ1n) is 4.85. The van der Waals surface area contributed by atoms with E-state index < -0.39 is 0 Å². The molecule has 0 spiro atoms. The fourth-order valence-corrected chi connectivity index (χ4v) is 1.81. The highest BCUT2D eigenvalue weighted by Gasteiger charge is 2.08. The Morgan fingerprint density at radius 1 is 1.47 bits per heavy atom. The molecule has 1 aromatic rings. The van der Waals surface area contributed by atoms with Crippen molar-refractivity contribution in [2.24, 2.45) is 5.73 Å². The molecule has 0 aliphatic carbocycles. The SMILES string of the molecule is CCOCC(N)c1ccc(OC)c(Br)c1. The first-order valence-corrected chi connectivity index (χ1v) is 5.65. The monoisotopic (exact) mass is 273 g/mol. The van der Waals surface area contributed by atoms with Gasteiger partial charge in [0.1, 0.15) is 5.75 Å². The Kier molecular flexibility index (Phi) is 5.08. The molecule has 15 heavy (non-hydrogen) atoms. The summed E-state index contributed by atoms with van der Waals surface area (Å²) in [6, 6.07) is 5.72. The molecular formula is C11H16BrNO2. The van der Waals surface area contributed by atoms with Gasteiger partial charge < -0.3 is 15.2 Å². The molecule has 0 bridgehead atoms. The summed E-state index contributed by atoms with van der Waals surface area (Å²) in [5.41, 5.74) is 6.99. The van der Waals surface area contributed by atoms with Crippen LogP contribution in [-0.4, -0.2) is 20.3 Å². The van der Waals surface area contributed by atoms with Crippen LogP contribution in [0.15, 0.2) is 22.7 Å². The standard InChI is InChI=1S/C11H16BrNO2/c1-3-15-7-10(13)8-4-5-11(14-2)9(12)6-8/h4-6,10H,3,7,13H2,1-2H3. The topological polar surface area (TPSA) is 44.5 Å². The number of rotatable bonds is 5. The van der Waals surface area contributed by atoms with Gasteiger partial charge in [-0.1, -0.05) is 6.07 Å². The van der Waals surface area contributed by atoms with Gasteiger partial charge in [-0.3, -0.25) is 0 Å². The molecule has 1 rings (SSSR count). The molecule has 4 heteroatoms. The zero-order chi connectivity index (χ0) is 11.3. The highest BCUT2D eigenvalue weighted by molar-refractivity contribution is 9.10. The molecule has 0 heterocycles. The van der Waals surface area contributed by atoms with Crippen molar-refractivity contribution in [1.29, 1.82) is 0 Å². The second kappa shape index (κ2) is 6.10. The van der Waals surface area contributed by atoms with Crippen molar-refractivity contribution in [3.05, 3.63) is 28.2 Å². The Bertz CT molecular complexity index is 317. The maximum atomic E-state index is 5.95. The quantitative estimate of drug-likeness (QED) is 0.897. The summed E-state index contributed by atoms with van der Waals surface area (Å²) in [6.07, 6.45) is 0. The lowest BCUT2D eigenvalue weighted by Gasteiger charge is -2.13. The third-order valence-electron chi connectivity index (χ3n) is 2.11. The van der Waals surface area contributed by atoms with Gasteiger partial charge in [-0.25, -0.2) is 0 Å². The Morgan fingerprint density at radius 2 is 2.20 bits per heavy atom. The van der Waals surface area contributed by atoms with E-state index in [1.165, 1.54) is 0 Å². The van der Waals surface area contributed by atoms with Gasteiger partial charge >= 0.3 is 0 Å². The smallest absolute Gasteiger partial charge is 0.133 e. The Morgan fingerprint density at radius 3 is 2.73 bits per heavy atom. The van der Waals surface area contributed by atoms with E-state index in [0.29, 0.717) is 13.2 Å². The van der Waals surface area contributed by atoms with E-state index in [1.807, 2.05) is 25.1 Å². The van der Waals surface area contributed by atoms with E-state index in [1.54, 1.807) is 7.11 Å². The summed E-state index contributed by atoms with van der Waals surface area (Å²) in [6.45, 7) is 3.18. The van der Waals surface area contributed by atoms with Gasteiger partial charge in [-0.15, -0.1) is 0 Å². The number of halogens is 1. The molecular weight excluding hydrogens is 258 g/mol. The van der Waals surface area contributed by atoms with E-state index in [4.69, 9.17) is 15.2 Å². The number of nitrogens with two attached hydrogens (primary N) is 1. The van der Waals surface area contributed by atoms with Gasteiger partial charge in [-0.05, 0) is 40.5 Å². The summed E-state index contributed by atoms with van der Waals surface area (Å²) < 4.78 is 11.3. The maximum absolute atomic E-state index is 5.95. The van der Waals surface area contributed by atoms with Gasteiger partial charge in [0, 0.05) is 6.61 Å². The van der Waals surface area contributed by atoms with E-state index in [0.717, 1.165) is 15.8 Å². The van der Waals surface area contributed by atoms with Gasteiger partial charge in [0.05, 0.1) is 24.2 Å². The summed E-state index contributed by atoms with van der Waals surface area (Å²) in [5.74, 6) is 0.808. The lowest BCUT2D eigenvalue weighted by Crippen LogP contribution is -2.17. The summed E-state index contributed by atoms with van der Waals surface area (Å²) >= 11 is 3.42. The van der Waals surface area contributed by atoms with Crippen LogP contribution in [0.5, 0.6) is 5.75 Å². The second-order valence-corrected chi connectivity index (χ2v) is 4.01. The molecule has 2 N–H and O–H groups in total. The zero-order valence-corrected chi connectivity index (χ0v) is 10.6. The average molecular weight is 274 g/mol. The van der Waals surface area contributed by atoms with Crippen molar-refractivity contribution < 1.29 is 9.47 Å². The molecule has 3 nitrogen and oxygen atoms in total. The van der Waals surface area contributed by atoms with Crippen molar-refractivity contribution in [1.82, 2.24) is 0 Å². The molecule has 0 amide bonds. The Hall–Kier alpha value is -0.580. The summed E-state index contributed by atoms with van der Waals surface area (Å²) in [7, 11) is 1.64. The van der Waals surface area contributed by atoms with Crippen LogP contribution in [0.25, 0.3) is 0 Å². The van der Waals surface area contributed by atoms with Crippen molar-refractivity contribution >= 4 is 15.9 Å². The molecule has 0 saturated carbocycles. The van der Waals surface area contributed by atoms with Crippen LogP contribution < -0.4 is 10.5 Å². The predicted octanol–water partition coefficient (Wildman–Crippen LogP) is 2.49. The number of ether oxygens (including phenoxy) is 2. The molecule has 1 atom stereocenters. The summed E-state index contributed by atoms with van der Waals surface area (Å²) in [4.78, 5) is 0. The van der Waals surface area contributed by atoms with Crippen molar-refractivity contribution in [2.45, 2.75) is 13.0 Å². The Labute approximate surface area is 98.7 Å². The highest BCUT2D eigenvalue weighted by Crippen LogP contribution is 2.27. The van der Waals surface area contributed by atoms with Gasteiger partial charge in [-0.2, -0.15) is 0 Å². The molecule has 1 aromatic carbocycles. The van der Waals surface area contributed by atoms with Crippen molar-refractivity contribution in [3.8, 4) is 5.75 Å². The van der Waals surface area contributed by atoms with Crippen LogP contribution >= 0.6 is 15.9 Å². The maximum Gasteiger partial charge on any atom is 0.133 e. The zero-order valence-electron chi connectivity index (χ0n) is 9.00. The van der Waals surface area contributed by atoms with Crippen molar-refractivity contribution in [2.75, 3.05) is 20.3 Å². The predicted molar refractivity (Wildman–Crippen MR) is 64.1 cm³/mol. The van der Waals surface area contributed by atoms with Crippen LogP contribution in [0.1, 0.15) is 18.5 Å². The fourth-order valence-electron chi connectivity index (χ4n) is 1.25. The minimum absolute atomic E-state index is 0.0906. The number of hydrogen-bond donors (Lipinski definition) is 1. The molecule has 0 radical (unpaired) electrons. The molecule has 0 fully saturated rings. The summed E-state index contributed by atoms with van der Waals surface area (Å²) in [5, 5.41) is 0. The van der Waals surface area contributed by atoms with Crippen molar-refractivity contribution in [3.63, 3.8) is 0 Å². The third-order valence-corrected chi connectivity index (χ3v) is 2.73. The molecule has 0 aliphatic rings. The minimum Gasteiger partial charge on any atom is -0.496 e. The van der Waals surface area contributed by atoms with Crippen LogP contribution in [0, 0.1) is 0 Å². The number of hydrogen-bond acceptors (Lipinski definition) is 3. The second-order valence-electron chi connectivity index (χ2n) is 3.16. The Balaban J connectivity index is 2.73. The average Bonchev–Trinajstić information content (AvgIpc) is 2.25. The van der Waals surface area contributed by atoms with E-state index in [-0.39, 0.29) is 6.04 Å². The number of methoxy groups -OCH3 is 1. The normalized spacial score (nSPS) is 12.5. The fraction of sp³-hybridized carbons (Fsp3) is 0.455. The van der Waals surface area contributed by atoms with E-state index in [9.17, 15) is 0 Å². The molecule has 1 unspecified atom stereocenters.